The van der Waals surface area contributed by atoms with Crippen molar-refractivity contribution in [2.75, 3.05) is 13.1 Å². The first-order chi connectivity index (χ1) is 11.6. The fourth-order valence-electron chi connectivity index (χ4n) is 3.02. The van der Waals surface area contributed by atoms with Crippen molar-refractivity contribution in [3.05, 3.63) is 69.9 Å². The summed E-state index contributed by atoms with van der Waals surface area (Å²) >= 11 is 3.24. The molecule has 0 N–H and O–H groups in total. The van der Waals surface area contributed by atoms with E-state index in [0.717, 1.165) is 5.56 Å². The van der Waals surface area contributed by atoms with Crippen molar-refractivity contribution in [1.82, 2.24) is 4.90 Å². The molecule has 124 valence electrons. The lowest BCUT2D eigenvalue weighted by Crippen LogP contribution is -2.40. The molecule has 3 nitrogen and oxygen atoms in total. The first-order valence-electron chi connectivity index (χ1n) is 7.90. The molecular weight excluding hydrogens is 373 g/mol. The molecule has 1 amide bonds. The van der Waals surface area contributed by atoms with E-state index < -0.39 is 0 Å². The minimum atomic E-state index is -0.384. The Bertz CT molecular complexity index is 755. The van der Waals surface area contributed by atoms with E-state index in [4.69, 9.17) is 0 Å². The van der Waals surface area contributed by atoms with Gasteiger partial charge in [0.05, 0.1) is 5.56 Å². The monoisotopic (exact) mass is 389 g/mol. The van der Waals surface area contributed by atoms with E-state index in [0.29, 0.717) is 36.0 Å². The molecule has 0 radical (unpaired) electrons. The van der Waals surface area contributed by atoms with Gasteiger partial charge in [0.15, 0.2) is 5.78 Å². The standard InChI is InChI=1S/C19H17BrFNO2/c20-17-12-15(21)6-7-16(17)19(24)22-10-8-14(9-11-22)18(23)13-4-2-1-3-5-13/h1-7,12,14H,8-11H2. The quantitative estimate of drug-likeness (QED) is 0.732. The van der Waals surface area contributed by atoms with Crippen LogP contribution in [0.5, 0.6) is 0 Å². The summed E-state index contributed by atoms with van der Waals surface area (Å²) in [4.78, 5) is 26.8. The van der Waals surface area contributed by atoms with Crippen LogP contribution in [0.3, 0.4) is 0 Å². The molecule has 3 rings (SSSR count). The van der Waals surface area contributed by atoms with Gasteiger partial charge in [-0.2, -0.15) is 0 Å². The molecule has 0 saturated carbocycles. The highest BCUT2D eigenvalue weighted by Crippen LogP contribution is 2.25. The Balaban J connectivity index is 1.64. The van der Waals surface area contributed by atoms with Crippen LogP contribution >= 0.6 is 15.9 Å². The zero-order valence-corrected chi connectivity index (χ0v) is 14.6. The Morgan fingerprint density at radius 3 is 2.33 bits per heavy atom. The number of halogens is 2. The predicted molar refractivity (Wildman–Crippen MR) is 93.5 cm³/mol. The Kier molecular flexibility index (Phi) is 5.09. The van der Waals surface area contributed by atoms with Crippen molar-refractivity contribution < 1.29 is 14.0 Å². The molecule has 0 unspecified atom stereocenters. The Labute approximate surface area is 148 Å². The van der Waals surface area contributed by atoms with Gasteiger partial charge in [-0.05, 0) is 47.0 Å². The van der Waals surface area contributed by atoms with E-state index in [1.807, 2.05) is 30.3 Å². The normalized spacial score (nSPS) is 15.3. The van der Waals surface area contributed by atoms with Crippen LogP contribution in [0, 0.1) is 11.7 Å². The number of likely N-dealkylation sites (tertiary alicyclic amines) is 1. The van der Waals surface area contributed by atoms with E-state index in [-0.39, 0.29) is 23.4 Å². The van der Waals surface area contributed by atoms with Gasteiger partial charge in [0, 0.05) is 29.0 Å². The maximum Gasteiger partial charge on any atom is 0.255 e. The zero-order valence-electron chi connectivity index (χ0n) is 13.0. The molecule has 0 aliphatic carbocycles. The lowest BCUT2D eigenvalue weighted by molar-refractivity contribution is 0.0649. The summed E-state index contributed by atoms with van der Waals surface area (Å²) in [6, 6.07) is 13.3. The highest BCUT2D eigenvalue weighted by atomic mass is 79.9. The second-order valence-corrected chi connectivity index (χ2v) is 6.78. The van der Waals surface area contributed by atoms with Crippen molar-refractivity contribution in [1.29, 1.82) is 0 Å². The number of ketones is 1. The minimum absolute atomic E-state index is 0.0480. The van der Waals surface area contributed by atoms with Crippen LogP contribution in [0.1, 0.15) is 33.6 Å². The first-order valence-corrected chi connectivity index (χ1v) is 8.69. The van der Waals surface area contributed by atoms with Crippen LogP contribution in [0.4, 0.5) is 4.39 Å². The number of amides is 1. The smallest absolute Gasteiger partial charge is 0.255 e. The number of benzene rings is 2. The third-order valence-corrected chi connectivity index (χ3v) is 5.03. The molecule has 1 fully saturated rings. The number of hydrogen-bond acceptors (Lipinski definition) is 2. The summed E-state index contributed by atoms with van der Waals surface area (Å²) in [5, 5.41) is 0. The number of piperidine rings is 1. The van der Waals surface area contributed by atoms with Gasteiger partial charge in [-0.3, -0.25) is 9.59 Å². The van der Waals surface area contributed by atoms with E-state index in [1.54, 1.807) is 4.90 Å². The van der Waals surface area contributed by atoms with Crippen molar-refractivity contribution in [3.63, 3.8) is 0 Å². The van der Waals surface area contributed by atoms with Crippen molar-refractivity contribution >= 4 is 27.6 Å². The number of hydrogen-bond donors (Lipinski definition) is 0. The maximum atomic E-state index is 13.2. The molecule has 1 heterocycles. The lowest BCUT2D eigenvalue weighted by Gasteiger charge is -2.31. The first kappa shape index (κ1) is 16.8. The summed E-state index contributed by atoms with van der Waals surface area (Å²) < 4.78 is 13.6. The second-order valence-electron chi connectivity index (χ2n) is 5.92. The highest BCUT2D eigenvalue weighted by Gasteiger charge is 2.29. The largest absolute Gasteiger partial charge is 0.339 e. The van der Waals surface area contributed by atoms with Crippen LogP contribution in [0.25, 0.3) is 0 Å². The van der Waals surface area contributed by atoms with Gasteiger partial charge < -0.3 is 4.90 Å². The van der Waals surface area contributed by atoms with Crippen LogP contribution < -0.4 is 0 Å². The zero-order chi connectivity index (χ0) is 17.1. The lowest BCUT2D eigenvalue weighted by atomic mass is 9.88. The summed E-state index contributed by atoms with van der Waals surface area (Å²) in [5.74, 6) is -0.420. The third-order valence-electron chi connectivity index (χ3n) is 4.37. The molecule has 2 aromatic rings. The summed E-state index contributed by atoms with van der Waals surface area (Å²) in [6.45, 7) is 1.07. The number of nitrogens with zero attached hydrogens (tertiary/aromatic N) is 1. The third kappa shape index (κ3) is 3.56. The van der Waals surface area contributed by atoms with Gasteiger partial charge in [0.2, 0.25) is 0 Å². The number of carbonyl (C=O) groups is 2. The number of carbonyl (C=O) groups excluding carboxylic acids is 2. The van der Waals surface area contributed by atoms with Crippen molar-refractivity contribution in [3.8, 4) is 0 Å². The van der Waals surface area contributed by atoms with E-state index in [9.17, 15) is 14.0 Å². The molecule has 0 aromatic heterocycles. The van der Waals surface area contributed by atoms with E-state index in [2.05, 4.69) is 15.9 Å². The van der Waals surface area contributed by atoms with Gasteiger partial charge in [-0.25, -0.2) is 4.39 Å². The molecule has 24 heavy (non-hydrogen) atoms. The number of rotatable bonds is 3. The van der Waals surface area contributed by atoms with Crippen molar-refractivity contribution in [2.24, 2.45) is 5.92 Å². The van der Waals surface area contributed by atoms with Gasteiger partial charge >= 0.3 is 0 Å². The molecular formula is C19H17BrFNO2. The molecule has 1 saturated heterocycles. The fraction of sp³-hybridized carbons (Fsp3) is 0.263. The molecule has 0 spiro atoms. The average Bonchev–Trinajstić information content (AvgIpc) is 2.61. The molecule has 2 aromatic carbocycles. The van der Waals surface area contributed by atoms with Crippen molar-refractivity contribution in [2.45, 2.75) is 12.8 Å². The molecule has 1 aliphatic rings. The molecule has 0 atom stereocenters. The fourth-order valence-corrected chi connectivity index (χ4v) is 3.54. The SMILES string of the molecule is O=C(c1ccccc1)C1CCN(C(=O)c2ccc(F)cc2Br)CC1. The van der Waals surface area contributed by atoms with E-state index >= 15 is 0 Å². The summed E-state index contributed by atoms with van der Waals surface area (Å²) in [7, 11) is 0. The number of Topliss-reactive ketones (excluding diaryl/α,β-unsaturated/α-hetero) is 1. The van der Waals surface area contributed by atoms with Gasteiger partial charge in [0.1, 0.15) is 5.82 Å². The topological polar surface area (TPSA) is 37.4 Å². The molecule has 0 bridgehead atoms. The molecule has 5 heteroatoms. The molecule has 1 aliphatic heterocycles. The van der Waals surface area contributed by atoms with Gasteiger partial charge in [-0.1, -0.05) is 30.3 Å². The Morgan fingerprint density at radius 2 is 1.71 bits per heavy atom. The second kappa shape index (κ2) is 7.26. The van der Waals surface area contributed by atoms with Gasteiger partial charge in [0.25, 0.3) is 5.91 Å². The maximum absolute atomic E-state index is 13.2. The average molecular weight is 390 g/mol. The minimum Gasteiger partial charge on any atom is -0.339 e. The van der Waals surface area contributed by atoms with Gasteiger partial charge in [-0.15, -0.1) is 0 Å². The van der Waals surface area contributed by atoms with E-state index in [1.165, 1.54) is 18.2 Å². The predicted octanol–water partition coefficient (Wildman–Crippen LogP) is 4.32. The van der Waals surface area contributed by atoms with Crippen LogP contribution in [-0.2, 0) is 0 Å². The summed E-state index contributed by atoms with van der Waals surface area (Å²) in [5.41, 5.74) is 1.17. The Morgan fingerprint density at radius 1 is 1.04 bits per heavy atom. The van der Waals surface area contributed by atoms with Crippen LogP contribution in [0.2, 0.25) is 0 Å². The van der Waals surface area contributed by atoms with Crippen LogP contribution in [-0.4, -0.2) is 29.7 Å². The summed E-state index contributed by atoms with van der Waals surface area (Å²) in [6.07, 6.45) is 1.30. The Hall–Kier alpha value is -2.01. The highest BCUT2D eigenvalue weighted by molar-refractivity contribution is 9.10. The van der Waals surface area contributed by atoms with Crippen LogP contribution in [0.15, 0.2) is 53.0 Å².